The number of rotatable bonds is 8. The predicted octanol–water partition coefficient (Wildman–Crippen LogP) is 2.27. The van der Waals surface area contributed by atoms with Gasteiger partial charge in [0.2, 0.25) is 0 Å². The van der Waals surface area contributed by atoms with E-state index in [1.807, 2.05) is 0 Å². The van der Waals surface area contributed by atoms with Gasteiger partial charge in [0.25, 0.3) is 0 Å². The molecule has 1 N–H and O–H groups in total. The van der Waals surface area contributed by atoms with E-state index in [9.17, 15) is 0 Å². The first-order chi connectivity index (χ1) is 6.61. The van der Waals surface area contributed by atoms with Crippen molar-refractivity contribution in [1.29, 1.82) is 0 Å². The zero-order valence-corrected chi connectivity index (χ0v) is 10.3. The summed E-state index contributed by atoms with van der Waals surface area (Å²) >= 11 is 0. The Morgan fingerprint density at radius 2 is 2.07 bits per heavy atom. The van der Waals surface area contributed by atoms with E-state index in [1.54, 1.807) is 0 Å². The second-order valence-electron chi connectivity index (χ2n) is 4.02. The molecule has 0 aromatic heterocycles. The van der Waals surface area contributed by atoms with Crippen LogP contribution in [-0.4, -0.2) is 37.6 Å². The lowest BCUT2D eigenvalue weighted by Crippen LogP contribution is -2.35. The lowest BCUT2D eigenvalue weighted by Gasteiger charge is -2.23. The van der Waals surface area contributed by atoms with E-state index in [2.05, 4.69) is 44.6 Å². The van der Waals surface area contributed by atoms with Crippen LogP contribution in [0.25, 0.3) is 0 Å². The van der Waals surface area contributed by atoms with E-state index in [0.29, 0.717) is 6.04 Å². The summed E-state index contributed by atoms with van der Waals surface area (Å²) in [7, 11) is 2.19. The molecule has 1 unspecified atom stereocenters. The number of hydrogen-bond donors (Lipinski definition) is 1. The number of nitrogens with one attached hydrogen (secondary N) is 1. The third-order valence-corrected chi connectivity index (χ3v) is 2.86. The van der Waals surface area contributed by atoms with E-state index in [0.717, 1.165) is 26.1 Å². The number of nitrogens with zero attached hydrogens (tertiary/aromatic N) is 1. The maximum atomic E-state index is 3.97. The lowest BCUT2D eigenvalue weighted by atomic mass is 10.2. The SMILES string of the molecule is C=C(CC)CNCCN(C)C(C)CC. The van der Waals surface area contributed by atoms with Gasteiger partial charge in [-0.1, -0.05) is 26.0 Å². The molecule has 1 atom stereocenters. The summed E-state index contributed by atoms with van der Waals surface area (Å²) in [5.41, 5.74) is 1.29. The van der Waals surface area contributed by atoms with Gasteiger partial charge in [-0.05, 0) is 26.8 Å². The highest BCUT2D eigenvalue weighted by Gasteiger charge is 2.04. The Hall–Kier alpha value is -0.340. The van der Waals surface area contributed by atoms with Crippen LogP contribution in [0.2, 0.25) is 0 Å². The molecule has 0 spiro atoms. The quantitative estimate of drug-likeness (QED) is 0.475. The largest absolute Gasteiger partial charge is 0.312 e. The summed E-state index contributed by atoms with van der Waals surface area (Å²) in [6.45, 7) is 13.7. The van der Waals surface area contributed by atoms with Crippen molar-refractivity contribution in [1.82, 2.24) is 10.2 Å². The molecule has 14 heavy (non-hydrogen) atoms. The fraction of sp³-hybridized carbons (Fsp3) is 0.833. The monoisotopic (exact) mass is 198 g/mol. The molecule has 0 aliphatic heterocycles. The van der Waals surface area contributed by atoms with Crippen LogP contribution >= 0.6 is 0 Å². The minimum atomic E-state index is 0.686. The van der Waals surface area contributed by atoms with Crippen molar-refractivity contribution in [3.05, 3.63) is 12.2 Å². The third-order valence-electron chi connectivity index (χ3n) is 2.86. The summed E-state index contributed by atoms with van der Waals surface area (Å²) in [4.78, 5) is 2.39. The maximum absolute atomic E-state index is 3.97. The van der Waals surface area contributed by atoms with Crippen LogP contribution in [0.5, 0.6) is 0 Å². The molecular formula is C12H26N2. The van der Waals surface area contributed by atoms with Gasteiger partial charge in [-0.25, -0.2) is 0 Å². The second-order valence-corrected chi connectivity index (χ2v) is 4.02. The van der Waals surface area contributed by atoms with Gasteiger partial charge in [-0.2, -0.15) is 0 Å². The molecule has 0 aliphatic carbocycles. The summed E-state index contributed by atoms with van der Waals surface area (Å²) in [5.74, 6) is 0. The Kier molecular flexibility index (Phi) is 7.81. The molecule has 0 saturated carbocycles. The molecule has 0 radical (unpaired) electrons. The second kappa shape index (κ2) is 8.01. The zero-order valence-electron chi connectivity index (χ0n) is 10.3. The highest BCUT2D eigenvalue weighted by Crippen LogP contribution is 1.98. The van der Waals surface area contributed by atoms with Gasteiger partial charge >= 0.3 is 0 Å². The molecule has 0 aliphatic rings. The first-order valence-electron chi connectivity index (χ1n) is 5.69. The number of hydrogen-bond acceptors (Lipinski definition) is 2. The summed E-state index contributed by atoms with van der Waals surface area (Å²) in [5, 5.41) is 3.40. The van der Waals surface area contributed by atoms with Crippen molar-refractivity contribution >= 4 is 0 Å². The van der Waals surface area contributed by atoms with Crippen molar-refractivity contribution in [2.45, 2.75) is 39.7 Å². The van der Waals surface area contributed by atoms with E-state index in [4.69, 9.17) is 0 Å². The van der Waals surface area contributed by atoms with E-state index in [-0.39, 0.29) is 0 Å². The summed E-state index contributed by atoms with van der Waals surface area (Å²) in [6.07, 6.45) is 2.30. The van der Waals surface area contributed by atoms with Gasteiger partial charge in [-0.15, -0.1) is 0 Å². The molecule has 0 fully saturated rings. The Morgan fingerprint density at radius 1 is 1.43 bits per heavy atom. The van der Waals surface area contributed by atoms with Crippen LogP contribution < -0.4 is 5.32 Å². The van der Waals surface area contributed by atoms with E-state index < -0.39 is 0 Å². The zero-order chi connectivity index (χ0) is 11.0. The lowest BCUT2D eigenvalue weighted by molar-refractivity contribution is 0.253. The Balaban J connectivity index is 3.40. The first-order valence-corrected chi connectivity index (χ1v) is 5.69. The van der Waals surface area contributed by atoms with E-state index >= 15 is 0 Å². The van der Waals surface area contributed by atoms with Crippen LogP contribution in [0.4, 0.5) is 0 Å². The highest BCUT2D eigenvalue weighted by molar-refractivity contribution is 4.94. The first kappa shape index (κ1) is 13.7. The van der Waals surface area contributed by atoms with Crippen molar-refractivity contribution in [2.24, 2.45) is 0 Å². The summed E-state index contributed by atoms with van der Waals surface area (Å²) in [6, 6.07) is 0.686. The van der Waals surface area contributed by atoms with Crippen LogP contribution in [-0.2, 0) is 0 Å². The molecule has 84 valence electrons. The van der Waals surface area contributed by atoms with Crippen LogP contribution in [0.15, 0.2) is 12.2 Å². The molecular weight excluding hydrogens is 172 g/mol. The smallest absolute Gasteiger partial charge is 0.0162 e. The van der Waals surface area contributed by atoms with E-state index in [1.165, 1.54) is 12.0 Å². The van der Waals surface area contributed by atoms with Crippen molar-refractivity contribution in [3.63, 3.8) is 0 Å². The van der Waals surface area contributed by atoms with Gasteiger partial charge in [-0.3, -0.25) is 0 Å². The van der Waals surface area contributed by atoms with Crippen molar-refractivity contribution in [3.8, 4) is 0 Å². The highest BCUT2D eigenvalue weighted by atomic mass is 15.1. The van der Waals surface area contributed by atoms with Crippen LogP contribution in [0.3, 0.4) is 0 Å². The molecule has 0 saturated heterocycles. The minimum absolute atomic E-state index is 0.686. The normalized spacial score (nSPS) is 13.2. The van der Waals surface area contributed by atoms with Gasteiger partial charge < -0.3 is 10.2 Å². The minimum Gasteiger partial charge on any atom is -0.312 e. The molecule has 0 aromatic carbocycles. The average molecular weight is 198 g/mol. The molecule has 0 aromatic rings. The Morgan fingerprint density at radius 3 is 2.57 bits per heavy atom. The molecule has 0 rings (SSSR count). The van der Waals surface area contributed by atoms with Gasteiger partial charge in [0.1, 0.15) is 0 Å². The fourth-order valence-electron chi connectivity index (χ4n) is 1.18. The van der Waals surface area contributed by atoms with Crippen LogP contribution in [0, 0.1) is 0 Å². The topological polar surface area (TPSA) is 15.3 Å². The van der Waals surface area contributed by atoms with Gasteiger partial charge in [0, 0.05) is 25.7 Å². The molecule has 2 heteroatoms. The summed E-state index contributed by atoms with van der Waals surface area (Å²) < 4.78 is 0. The average Bonchev–Trinajstić information content (AvgIpc) is 2.22. The Bertz CT molecular complexity index is 154. The molecule has 2 nitrogen and oxygen atoms in total. The predicted molar refractivity (Wildman–Crippen MR) is 64.7 cm³/mol. The van der Waals surface area contributed by atoms with Gasteiger partial charge in [0.15, 0.2) is 0 Å². The third kappa shape index (κ3) is 6.17. The molecule has 0 amide bonds. The molecule has 0 bridgehead atoms. The van der Waals surface area contributed by atoms with Gasteiger partial charge in [0.05, 0.1) is 0 Å². The standard InChI is InChI=1S/C12H26N2/c1-6-11(3)10-13-8-9-14(5)12(4)7-2/h12-13H,3,6-10H2,1-2,4-5H3. The Labute approximate surface area is 89.4 Å². The van der Waals surface area contributed by atoms with Crippen molar-refractivity contribution < 1.29 is 0 Å². The fourth-order valence-corrected chi connectivity index (χ4v) is 1.18. The number of likely N-dealkylation sites (N-methyl/N-ethyl adjacent to an activating group) is 1. The van der Waals surface area contributed by atoms with Crippen LogP contribution in [0.1, 0.15) is 33.6 Å². The maximum Gasteiger partial charge on any atom is 0.0162 e. The molecule has 0 heterocycles. The van der Waals surface area contributed by atoms with Crippen molar-refractivity contribution in [2.75, 3.05) is 26.7 Å².